The Morgan fingerprint density at radius 3 is 2.29 bits per heavy atom. The zero-order valence-corrected chi connectivity index (χ0v) is 17.5. The third-order valence-corrected chi connectivity index (χ3v) is 5.15. The summed E-state index contributed by atoms with van der Waals surface area (Å²) in [6.07, 6.45) is 0. The van der Waals surface area contributed by atoms with Crippen molar-refractivity contribution in [3.63, 3.8) is 0 Å². The van der Waals surface area contributed by atoms with Gasteiger partial charge in [-0.2, -0.15) is 4.98 Å². The number of nitrogens with one attached hydrogen (secondary N) is 1. The van der Waals surface area contributed by atoms with Crippen molar-refractivity contribution in [3.05, 3.63) is 36.2 Å². The first-order valence-corrected chi connectivity index (χ1v) is 9.94. The van der Waals surface area contributed by atoms with Crippen molar-refractivity contribution in [2.75, 3.05) is 26.2 Å². The fourth-order valence-electron chi connectivity index (χ4n) is 3.42. The highest BCUT2D eigenvalue weighted by atomic mass is 16.5. The SMILES string of the molecule is CC(C(=O)NC(C)(C)C)N1CCN(C(C)c2nc(-c3ccccc3)no2)CC1. The summed E-state index contributed by atoms with van der Waals surface area (Å²) < 4.78 is 5.52. The molecule has 1 aromatic carbocycles. The zero-order valence-electron chi connectivity index (χ0n) is 17.5. The third kappa shape index (κ3) is 4.97. The molecule has 1 aliphatic heterocycles. The standard InChI is InChI=1S/C21H31N5O2/c1-15(19(27)23-21(3,4)5)25-11-13-26(14-12-25)16(2)20-22-18(24-28-20)17-9-7-6-8-10-17/h6-10,15-16H,11-14H2,1-5H3,(H,23,27). The molecule has 1 aromatic heterocycles. The molecule has 0 aliphatic carbocycles. The van der Waals surface area contributed by atoms with E-state index in [1.54, 1.807) is 0 Å². The van der Waals surface area contributed by atoms with Crippen molar-refractivity contribution < 1.29 is 9.32 Å². The molecule has 1 saturated heterocycles. The van der Waals surface area contributed by atoms with Crippen LogP contribution < -0.4 is 5.32 Å². The molecule has 0 bridgehead atoms. The summed E-state index contributed by atoms with van der Waals surface area (Å²) in [4.78, 5) is 21.6. The molecule has 1 aliphatic rings. The molecule has 1 amide bonds. The first kappa shape index (κ1) is 20.5. The third-order valence-electron chi connectivity index (χ3n) is 5.15. The van der Waals surface area contributed by atoms with Crippen LogP contribution in [0.15, 0.2) is 34.9 Å². The van der Waals surface area contributed by atoms with Gasteiger partial charge in [-0.3, -0.25) is 14.6 Å². The lowest BCUT2D eigenvalue weighted by Crippen LogP contribution is -2.56. The van der Waals surface area contributed by atoms with E-state index in [2.05, 4.69) is 32.2 Å². The number of benzene rings is 1. The van der Waals surface area contributed by atoms with Crippen molar-refractivity contribution in [2.24, 2.45) is 0 Å². The van der Waals surface area contributed by atoms with Crippen LogP contribution in [0.1, 0.15) is 46.6 Å². The summed E-state index contributed by atoms with van der Waals surface area (Å²) in [6.45, 7) is 13.5. The summed E-state index contributed by atoms with van der Waals surface area (Å²) in [5.74, 6) is 1.33. The van der Waals surface area contributed by atoms with Crippen LogP contribution in [-0.2, 0) is 4.79 Å². The number of nitrogens with zero attached hydrogens (tertiary/aromatic N) is 4. The molecule has 0 radical (unpaired) electrons. The molecule has 28 heavy (non-hydrogen) atoms. The van der Waals surface area contributed by atoms with Gasteiger partial charge >= 0.3 is 0 Å². The van der Waals surface area contributed by atoms with Crippen LogP contribution in [0.3, 0.4) is 0 Å². The van der Waals surface area contributed by atoms with E-state index in [4.69, 9.17) is 4.52 Å². The Hall–Kier alpha value is -2.25. The molecule has 1 N–H and O–H groups in total. The highest BCUT2D eigenvalue weighted by Gasteiger charge is 2.30. The molecular weight excluding hydrogens is 354 g/mol. The van der Waals surface area contributed by atoms with E-state index in [1.807, 2.05) is 58.0 Å². The topological polar surface area (TPSA) is 74.5 Å². The van der Waals surface area contributed by atoms with Crippen molar-refractivity contribution in [2.45, 2.75) is 52.2 Å². The minimum atomic E-state index is -0.212. The summed E-state index contributed by atoms with van der Waals surface area (Å²) >= 11 is 0. The van der Waals surface area contributed by atoms with E-state index < -0.39 is 0 Å². The number of amides is 1. The normalized spacial score (nSPS) is 18.6. The quantitative estimate of drug-likeness (QED) is 0.853. The Morgan fingerprint density at radius 2 is 1.68 bits per heavy atom. The largest absolute Gasteiger partial charge is 0.350 e. The number of aromatic nitrogens is 2. The number of carbonyl (C=O) groups is 1. The predicted molar refractivity (Wildman–Crippen MR) is 109 cm³/mol. The molecule has 7 nitrogen and oxygen atoms in total. The number of rotatable bonds is 5. The average Bonchev–Trinajstić information content (AvgIpc) is 3.16. The van der Waals surface area contributed by atoms with E-state index in [-0.39, 0.29) is 23.5 Å². The van der Waals surface area contributed by atoms with Gasteiger partial charge in [0.05, 0.1) is 12.1 Å². The van der Waals surface area contributed by atoms with Gasteiger partial charge in [-0.15, -0.1) is 0 Å². The molecule has 3 rings (SSSR count). The number of hydrogen-bond donors (Lipinski definition) is 1. The first-order valence-electron chi connectivity index (χ1n) is 9.94. The minimum absolute atomic E-state index is 0.0471. The van der Waals surface area contributed by atoms with Crippen LogP contribution in [0.4, 0.5) is 0 Å². The lowest BCUT2D eigenvalue weighted by atomic mass is 10.1. The van der Waals surface area contributed by atoms with Crippen molar-refractivity contribution >= 4 is 5.91 Å². The lowest BCUT2D eigenvalue weighted by molar-refractivity contribution is -0.128. The first-order chi connectivity index (χ1) is 13.2. The highest BCUT2D eigenvalue weighted by molar-refractivity contribution is 5.81. The Morgan fingerprint density at radius 1 is 1.07 bits per heavy atom. The smallest absolute Gasteiger partial charge is 0.244 e. The second-order valence-corrected chi connectivity index (χ2v) is 8.49. The van der Waals surface area contributed by atoms with Gasteiger partial charge < -0.3 is 9.84 Å². The molecule has 2 aromatic rings. The van der Waals surface area contributed by atoms with Crippen LogP contribution in [-0.4, -0.2) is 63.6 Å². The fraction of sp³-hybridized carbons (Fsp3) is 0.571. The maximum absolute atomic E-state index is 12.4. The van der Waals surface area contributed by atoms with E-state index in [0.717, 1.165) is 31.7 Å². The average molecular weight is 386 g/mol. The summed E-state index contributed by atoms with van der Waals surface area (Å²) in [6, 6.07) is 9.76. The molecule has 2 heterocycles. The molecule has 7 heteroatoms. The van der Waals surface area contributed by atoms with Gasteiger partial charge in [0.1, 0.15) is 0 Å². The minimum Gasteiger partial charge on any atom is -0.350 e. The number of carbonyl (C=O) groups excluding carboxylic acids is 1. The highest BCUT2D eigenvalue weighted by Crippen LogP contribution is 2.23. The van der Waals surface area contributed by atoms with Gasteiger partial charge in [0.2, 0.25) is 17.6 Å². The maximum atomic E-state index is 12.4. The molecule has 0 spiro atoms. The van der Waals surface area contributed by atoms with Crippen molar-refractivity contribution in [3.8, 4) is 11.4 Å². The molecule has 0 saturated carbocycles. The van der Waals surface area contributed by atoms with Crippen LogP contribution in [0.2, 0.25) is 0 Å². The molecule has 2 unspecified atom stereocenters. The molecular formula is C21H31N5O2. The van der Waals surface area contributed by atoms with Gasteiger partial charge in [0, 0.05) is 37.3 Å². The monoisotopic (exact) mass is 385 g/mol. The zero-order chi connectivity index (χ0) is 20.3. The van der Waals surface area contributed by atoms with Crippen LogP contribution in [0, 0.1) is 0 Å². The maximum Gasteiger partial charge on any atom is 0.244 e. The van der Waals surface area contributed by atoms with Gasteiger partial charge in [-0.05, 0) is 34.6 Å². The second kappa shape index (κ2) is 8.41. The number of hydrogen-bond acceptors (Lipinski definition) is 6. The molecule has 1 fully saturated rings. The Balaban J connectivity index is 1.56. The number of piperazine rings is 1. The summed E-state index contributed by atoms with van der Waals surface area (Å²) in [7, 11) is 0. The lowest BCUT2D eigenvalue weighted by Gasteiger charge is -2.39. The van der Waals surface area contributed by atoms with Crippen molar-refractivity contribution in [1.82, 2.24) is 25.3 Å². The summed E-state index contributed by atoms with van der Waals surface area (Å²) in [5.41, 5.74) is 0.740. The molecule has 152 valence electrons. The summed E-state index contributed by atoms with van der Waals surface area (Å²) in [5, 5.41) is 7.19. The van der Waals surface area contributed by atoms with Gasteiger partial charge in [0.25, 0.3) is 0 Å². The fourth-order valence-corrected chi connectivity index (χ4v) is 3.42. The van der Waals surface area contributed by atoms with E-state index in [1.165, 1.54) is 0 Å². The van der Waals surface area contributed by atoms with E-state index >= 15 is 0 Å². The van der Waals surface area contributed by atoms with Crippen LogP contribution >= 0.6 is 0 Å². The predicted octanol–water partition coefficient (Wildman–Crippen LogP) is 2.72. The second-order valence-electron chi connectivity index (χ2n) is 8.49. The van der Waals surface area contributed by atoms with Crippen LogP contribution in [0.5, 0.6) is 0 Å². The van der Waals surface area contributed by atoms with Gasteiger partial charge in [-0.1, -0.05) is 35.5 Å². The van der Waals surface area contributed by atoms with E-state index in [0.29, 0.717) is 11.7 Å². The van der Waals surface area contributed by atoms with E-state index in [9.17, 15) is 4.79 Å². The Bertz CT molecular complexity index is 776. The van der Waals surface area contributed by atoms with Gasteiger partial charge in [-0.25, -0.2) is 0 Å². The van der Waals surface area contributed by atoms with Crippen LogP contribution in [0.25, 0.3) is 11.4 Å². The van der Waals surface area contributed by atoms with Crippen molar-refractivity contribution in [1.29, 1.82) is 0 Å². The molecule has 2 atom stereocenters. The Labute approximate surface area is 167 Å². The van der Waals surface area contributed by atoms with Gasteiger partial charge in [0.15, 0.2) is 0 Å². The Kier molecular flexibility index (Phi) is 6.15.